The highest BCUT2D eigenvalue weighted by atomic mass is 15.2. The molecule has 3 atom stereocenters. The van der Waals surface area contributed by atoms with E-state index < -0.39 is 0 Å². The van der Waals surface area contributed by atoms with Crippen molar-refractivity contribution >= 4 is 0 Å². The Morgan fingerprint density at radius 1 is 1.00 bits per heavy atom. The third-order valence-electron chi connectivity index (χ3n) is 5.63. The van der Waals surface area contributed by atoms with Gasteiger partial charge in [0.2, 0.25) is 0 Å². The van der Waals surface area contributed by atoms with Gasteiger partial charge in [0.05, 0.1) is 0 Å². The second-order valence-corrected chi connectivity index (χ2v) is 7.31. The molecule has 2 heteroatoms. The summed E-state index contributed by atoms with van der Waals surface area (Å²) in [5, 5.41) is 0. The standard InChI is InChI=1S/C15H28N2/c1-15(2)8-4-7-14(15)17-12-5-3-6-13(17)10-11(16)9-12/h11-14H,3-10,16H2,1-2H3. The van der Waals surface area contributed by atoms with E-state index in [0.717, 1.165) is 18.1 Å². The van der Waals surface area contributed by atoms with Crippen molar-refractivity contribution < 1.29 is 0 Å². The van der Waals surface area contributed by atoms with Gasteiger partial charge in [-0.15, -0.1) is 0 Å². The van der Waals surface area contributed by atoms with Gasteiger partial charge in [-0.1, -0.05) is 26.7 Å². The van der Waals surface area contributed by atoms with Crippen LogP contribution in [0.1, 0.15) is 65.2 Å². The smallest absolute Gasteiger partial charge is 0.0152 e. The van der Waals surface area contributed by atoms with Crippen LogP contribution in [0.2, 0.25) is 0 Å². The predicted octanol–water partition coefficient (Wildman–Crippen LogP) is 2.91. The molecule has 0 aromatic heterocycles. The van der Waals surface area contributed by atoms with Gasteiger partial charge in [-0.3, -0.25) is 4.90 Å². The fourth-order valence-electron chi connectivity index (χ4n) is 4.83. The summed E-state index contributed by atoms with van der Waals surface area (Å²) in [6.45, 7) is 4.96. The van der Waals surface area contributed by atoms with Crippen molar-refractivity contribution in [3.05, 3.63) is 0 Å². The maximum atomic E-state index is 6.23. The predicted molar refractivity (Wildman–Crippen MR) is 71.9 cm³/mol. The highest BCUT2D eigenvalue weighted by molar-refractivity contribution is 5.02. The Morgan fingerprint density at radius 3 is 2.18 bits per heavy atom. The monoisotopic (exact) mass is 236 g/mol. The minimum absolute atomic E-state index is 0.478. The van der Waals surface area contributed by atoms with Gasteiger partial charge in [-0.05, 0) is 43.9 Å². The van der Waals surface area contributed by atoms with Gasteiger partial charge in [0.15, 0.2) is 0 Å². The van der Waals surface area contributed by atoms with Crippen molar-refractivity contribution in [1.29, 1.82) is 0 Å². The number of hydrogen-bond acceptors (Lipinski definition) is 2. The van der Waals surface area contributed by atoms with Gasteiger partial charge in [-0.25, -0.2) is 0 Å². The molecule has 0 aromatic carbocycles. The maximum absolute atomic E-state index is 6.23. The van der Waals surface area contributed by atoms with Crippen molar-refractivity contribution in [1.82, 2.24) is 4.90 Å². The van der Waals surface area contributed by atoms with E-state index in [-0.39, 0.29) is 0 Å². The Morgan fingerprint density at radius 2 is 1.65 bits per heavy atom. The topological polar surface area (TPSA) is 29.3 Å². The van der Waals surface area contributed by atoms with Crippen molar-refractivity contribution in [2.45, 2.75) is 89.4 Å². The molecule has 2 saturated heterocycles. The zero-order chi connectivity index (χ0) is 12.0. The van der Waals surface area contributed by atoms with Crippen LogP contribution in [-0.4, -0.2) is 29.1 Å². The lowest BCUT2D eigenvalue weighted by Gasteiger charge is -2.54. The number of fused-ring (bicyclic) bond motifs is 2. The van der Waals surface area contributed by atoms with Gasteiger partial charge >= 0.3 is 0 Å². The van der Waals surface area contributed by atoms with Gasteiger partial charge in [-0.2, -0.15) is 0 Å². The van der Waals surface area contributed by atoms with Crippen LogP contribution in [0.3, 0.4) is 0 Å². The molecule has 2 nitrogen and oxygen atoms in total. The van der Waals surface area contributed by atoms with Gasteiger partial charge in [0.1, 0.15) is 0 Å². The first kappa shape index (κ1) is 12.0. The number of hydrogen-bond donors (Lipinski definition) is 1. The van der Waals surface area contributed by atoms with E-state index in [0.29, 0.717) is 11.5 Å². The molecule has 1 saturated carbocycles. The van der Waals surface area contributed by atoms with E-state index in [4.69, 9.17) is 5.73 Å². The molecule has 2 N–H and O–H groups in total. The molecule has 2 aliphatic heterocycles. The first-order valence-electron chi connectivity index (χ1n) is 7.61. The molecule has 0 amide bonds. The molecule has 0 aromatic rings. The van der Waals surface area contributed by atoms with E-state index in [1.54, 1.807) is 0 Å². The van der Waals surface area contributed by atoms with Crippen LogP contribution < -0.4 is 5.73 Å². The number of rotatable bonds is 1. The zero-order valence-corrected chi connectivity index (χ0v) is 11.5. The van der Waals surface area contributed by atoms with Crippen LogP contribution >= 0.6 is 0 Å². The molecular formula is C15H28N2. The van der Waals surface area contributed by atoms with Gasteiger partial charge in [0.25, 0.3) is 0 Å². The molecule has 0 radical (unpaired) electrons. The maximum Gasteiger partial charge on any atom is 0.0152 e. The SMILES string of the molecule is CC1(C)CCCC1N1C2CCCC1CC(N)C2. The second-order valence-electron chi connectivity index (χ2n) is 7.31. The van der Waals surface area contributed by atoms with E-state index in [1.165, 1.54) is 51.4 Å². The number of nitrogens with zero attached hydrogens (tertiary/aromatic N) is 1. The Kier molecular flexibility index (Phi) is 2.99. The van der Waals surface area contributed by atoms with Crippen LogP contribution in [0.15, 0.2) is 0 Å². The average Bonchev–Trinajstić information content (AvgIpc) is 2.56. The lowest BCUT2D eigenvalue weighted by Crippen LogP contribution is -2.60. The Labute approximate surface area is 106 Å². The first-order chi connectivity index (χ1) is 8.08. The lowest BCUT2D eigenvalue weighted by atomic mass is 9.77. The highest BCUT2D eigenvalue weighted by Crippen LogP contribution is 2.46. The summed E-state index contributed by atoms with van der Waals surface area (Å²) in [5.41, 5.74) is 6.76. The third kappa shape index (κ3) is 2.04. The third-order valence-corrected chi connectivity index (χ3v) is 5.63. The van der Waals surface area contributed by atoms with Crippen LogP contribution in [0.25, 0.3) is 0 Å². The minimum atomic E-state index is 0.478. The summed E-state index contributed by atoms with van der Waals surface area (Å²) in [6.07, 6.45) is 11.0. The summed E-state index contributed by atoms with van der Waals surface area (Å²) in [6, 6.07) is 2.93. The molecule has 2 bridgehead atoms. The van der Waals surface area contributed by atoms with Crippen molar-refractivity contribution in [2.75, 3.05) is 0 Å². The molecular weight excluding hydrogens is 208 g/mol. The fourth-order valence-corrected chi connectivity index (χ4v) is 4.83. The largest absolute Gasteiger partial charge is 0.328 e. The van der Waals surface area contributed by atoms with Gasteiger partial charge < -0.3 is 5.73 Å². The molecule has 3 unspecified atom stereocenters. The summed E-state index contributed by atoms with van der Waals surface area (Å²) in [5.74, 6) is 0. The highest BCUT2D eigenvalue weighted by Gasteiger charge is 2.47. The van der Waals surface area contributed by atoms with Gasteiger partial charge in [0, 0.05) is 24.2 Å². The first-order valence-corrected chi connectivity index (χ1v) is 7.61. The quantitative estimate of drug-likeness (QED) is 0.758. The molecule has 3 fully saturated rings. The van der Waals surface area contributed by atoms with Crippen LogP contribution in [0.5, 0.6) is 0 Å². The molecule has 98 valence electrons. The fraction of sp³-hybridized carbons (Fsp3) is 1.00. The van der Waals surface area contributed by atoms with Crippen LogP contribution in [0.4, 0.5) is 0 Å². The second kappa shape index (κ2) is 4.24. The van der Waals surface area contributed by atoms with E-state index in [9.17, 15) is 0 Å². The van der Waals surface area contributed by atoms with E-state index in [1.807, 2.05) is 0 Å². The summed E-state index contributed by atoms with van der Waals surface area (Å²) < 4.78 is 0. The molecule has 0 spiro atoms. The molecule has 2 heterocycles. The molecule has 3 aliphatic rings. The average molecular weight is 236 g/mol. The van der Waals surface area contributed by atoms with Crippen LogP contribution in [-0.2, 0) is 0 Å². The lowest BCUT2D eigenvalue weighted by molar-refractivity contribution is -0.0353. The van der Waals surface area contributed by atoms with E-state index >= 15 is 0 Å². The van der Waals surface area contributed by atoms with Crippen LogP contribution in [0, 0.1) is 5.41 Å². The Balaban J connectivity index is 1.82. The van der Waals surface area contributed by atoms with E-state index in [2.05, 4.69) is 18.7 Å². The number of nitrogens with two attached hydrogens (primary N) is 1. The molecule has 1 aliphatic carbocycles. The normalized spacial score (nSPS) is 46.1. The Bertz CT molecular complexity index is 273. The van der Waals surface area contributed by atoms with Crippen molar-refractivity contribution in [2.24, 2.45) is 11.1 Å². The van der Waals surface area contributed by atoms with Crippen molar-refractivity contribution in [3.63, 3.8) is 0 Å². The molecule has 3 rings (SSSR count). The zero-order valence-electron chi connectivity index (χ0n) is 11.5. The minimum Gasteiger partial charge on any atom is -0.328 e. The summed E-state index contributed by atoms with van der Waals surface area (Å²) in [7, 11) is 0. The summed E-state index contributed by atoms with van der Waals surface area (Å²) >= 11 is 0. The van der Waals surface area contributed by atoms with Crippen molar-refractivity contribution in [3.8, 4) is 0 Å². The number of piperidine rings is 2. The molecule has 17 heavy (non-hydrogen) atoms. The summed E-state index contributed by atoms with van der Waals surface area (Å²) in [4.78, 5) is 2.92. The Hall–Kier alpha value is -0.0800.